The number of rotatable bonds is 5. The standard InChI is InChI=1S/C12H17NO4S2/c14-10(15)6-17-8-4-2-1-3-7(8)5-9-11(16)13-12(18)19-9/h7-9H,1-6H2,(H,14,15)(H,13,16,18)/t7-,8+,9+/m1/s1. The van der Waals surface area contributed by atoms with Gasteiger partial charge in [0.15, 0.2) is 0 Å². The molecule has 0 aromatic carbocycles. The Morgan fingerprint density at radius 2 is 2.21 bits per heavy atom. The predicted molar refractivity (Wildman–Crippen MR) is 76.1 cm³/mol. The van der Waals surface area contributed by atoms with Crippen LogP contribution in [0.3, 0.4) is 0 Å². The highest BCUT2D eigenvalue weighted by molar-refractivity contribution is 8.24. The first-order chi connectivity index (χ1) is 9.06. The Morgan fingerprint density at radius 3 is 2.84 bits per heavy atom. The summed E-state index contributed by atoms with van der Waals surface area (Å²) in [5.41, 5.74) is 0. The van der Waals surface area contributed by atoms with E-state index >= 15 is 0 Å². The first-order valence-corrected chi connectivity index (χ1v) is 7.70. The second-order valence-electron chi connectivity index (χ2n) is 4.91. The number of carbonyl (C=O) groups excluding carboxylic acids is 1. The molecule has 0 radical (unpaired) electrons. The minimum absolute atomic E-state index is 0.0300. The topological polar surface area (TPSA) is 75.6 Å². The molecule has 2 fully saturated rings. The fraction of sp³-hybridized carbons (Fsp3) is 0.750. The summed E-state index contributed by atoms with van der Waals surface area (Å²) in [6.07, 6.45) is 4.70. The van der Waals surface area contributed by atoms with E-state index in [4.69, 9.17) is 22.1 Å². The number of nitrogens with one attached hydrogen (secondary N) is 1. The summed E-state index contributed by atoms with van der Waals surface area (Å²) in [6, 6.07) is 0. The third-order valence-corrected chi connectivity index (χ3v) is 4.94. The maximum Gasteiger partial charge on any atom is 0.329 e. The van der Waals surface area contributed by atoms with Gasteiger partial charge in [0.05, 0.1) is 11.4 Å². The van der Waals surface area contributed by atoms with Crippen LogP contribution < -0.4 is 5.32 Å². The molecule has 0 spiro atoms. The zero-order valence-corrected chi connectivity index (χ0v) is 12.1. The number of thiocarbonyl (C=S) groups is 1. The second kappa shape index (κ2) is 6.67. The number of amides is 1. The molecule has 0 unspecified atom stereocenters. The zero-order valence-electron chi connectivity index (χ0n) is 10.5. The van der Waals surface area contributed by atoms with Crippen LogP contribution in [-0.2, 0) is 14.3 Å². The fourth-order valence-electron chi connectivity index (χ4n) is 2.66. The number of aliphatic carboxylic acids is 1. The molecule has 0 aromatic rings. The van der Waals surface area contributed by atoms with E-state index in [2.05, 4.69) is 5.32 Å². The van der Waals surface area contributed by atoms with Crippen LogP contribution >= 0.6 is 24.0 Å². The van der Waals surface area contributed by atoms with Gasteiger partial charge < -0.3 is 15.2 Å². The summed E-state index contributed by atoms with van der Waals surface area (Å²) in [5.74, 6) is -0.728. The van der Waals surface area contributed by atoms with E-state index in [1.165, 1.54) is 11.8 Å². The smallest absolute Gasteiger partial charge is 0.329 e. The fourth-order valence-corrected chi connectivity index (χ4v) is 4.04. The van der Waals surface area contributed by atoms with E-state index in [1.807, 2.05) is 0 Å². The lowest BCUT2D eigenvalue weighted by molar-refractivity contribution is -0.146. The van der Waals surface area contributed by atoms with Gasteiger partial charge >= 0.3 is 5.97 Å². The summed E-state index contributed by atoms with van der Waals surface area (Å²) in [6.45, 7) is -0.260. The zero-order chi connectivity index (χ0) is 13.8. The maximum absolute atomic E-state index is 11.7. The highest BCUT2D eigenvalue weighted by Gasteiger charge is 2.35. The Bertz CT molecular complexity index is 388. The lowest BCUT2D eigenvalue weighted by atomic mass is 9.83. The Hall–Kier alpha value is -0.660. The molecule has 2 aliphatic rings. The molecule has 5 nitrogen and oxygen atoms in total. The lowest BCUT2D eigenvalue weighted by Gasteiger charge is -2.32. The number of carbonyl (C=O) groups is 2. The van der Waals surface area contributed by atoms with Crippen LogP contribution in [0.15, 0.2) is 0 Å². The second-order valence-corrected chi connectivity index (χ2v) is 6.79. The van der Waals surface area contributed by atoms with Gasteiger partial charge in [-0.25, -0.2) is 4.79 Å². The number of thioether (sulfide) groups is 1. The average Bonchev–Trinajstić information content (AvgIpc) is 2.67. The molecule has 19 heavy (non-hydrogen) atoms. The molecule has 3 atom stereocenters. The van der Waals surface area contributed by atoms with Gasteiger partial charge in [-0.2, -0.15) is 0 Å². The van der Waals surface area contributed by atoms with Crippen molar-refractivity contribution < 1.29 is 19.4 Å². The van der Waals surface area contributed by atoms with Crippen molar-refractivity contribution in [2.24, 2.45) is 5.92 Å². The van der Waals surface area contributed by atoms with Gasteiger partial charge in [-0.1, -0.05) is 36.8 Å². The van der Waals surface area contributed by atoms with Gasteiger partial charge in [0.2, 0.25) is 5.91 Å². The van der Waals surface area contributed by atoms with Gasteiger partial charge in [-0.15, -0.1) is 0 Å². The van der Waals surface area contributed by atoms with Crippen molar-refractivity contribution in [3.05, 3.63) is 0 Å². The molecule has 1 saturated heterocycles. The van der Waals surface area contributed by atoms with Gasteiger partial charge in [-0.05, 0) is 25.2 Å². The van der Waals surface area contributed by atoms with Crippen molar-refractivity contribution in [1.29, 1.82) is 0 Å². The quantitative estimate of drug-likeness (QED) is 0.751. The Labute approximate surface area is 121 Å². The van der Waals surface area contributed by atoms with Crippen molar-refractivity contribution in [2.75, 3.05) is 6.61 Å². The van der Waals surface area contributed by atoms with Gasteiger partial charge in [-0.3, -0.25) is 4.79 Å². The number of ether oxygens (including phenoxy) is 1. The van der Waals surface area contributed by atoms with Crippen LogP contribution in [0, 0.1) is 5.92 Å². The molecule has 1 amide bonds. The Morgan fingerprint density at radius 1 is 1.47 bits per heavy atom. The van der Waals surface area contributed by atoms with E-state index in [1.54, 1.807) is 0 Å². The van der Waals surface area contributed by atoms with Gasteiger partial charge in [0.25, 0.3) is 0 Å². The van der Waals surface area contributed by atoms with Crippen LogP contribution in [0.5, 0.6) is 0 Å². The summed E-state index contributed by atoms with van der Waals surface area (Å²) in [4.78, 5) is 22.3. The minimum Gasteiger partial charge on any atom is -0.480 e. The summed E-state index contributed by atoms with van der Waals surface area (Å²) >= 11 is 6.37. The Balaban J connectivity index is 1.90. The van der Waals surface area contributed by atoms with E-state index in [-0.39, 0.29) is 29.8 Å². The summed E-state index contributed by atoms with van der Waals surface area (Å²) in [5, 5.41) is 11.2. The highest BCUT2D eigenvalue weighted by Crippen LogP contribution is 2.34. The molecule has 0 aromatic heterocycles. The summed E-state index contributed by atoms with van der Waals surface area (Å²) < 4.78 is 5.99. The molecule has 1 aliphatic carbocycles. The van der Waals surface area contributed by atoms with Crippen molar-refractivity contribution in [1.82, 2.24) is 5.32 Å². The largest absolute Gasteiger partial charge is 0.480 e. The molecule has 1 saturated carbocycles. The first-order valence-electron chi connectivity index (χ1n) is 6.41. The number of carboxylic acid groups (broad SMARTS) is 1. The molecule has 106 valence electrons. The third kappa shape index (κ3) is 4.15. The van der Waals surface area contributed by atoms with E-state index < -0.39 is 5.97 Å². The number of carboxylic acids is 1. The van der Waals surface area contributed by atoms with Crippen LogP contribution in [0.4, 0.5) is 0 Å². The highest BCUT2D eigenvalue weighted by atomic mass is 32.2. The Kier molecular flexibility index (Phi) is 5.18. The molecule has 7 heteroatoms. The molecule has 1 heterocycles. The maximum atomic E-state index is 11.7. The van der Waals surface area contributed by atoms with Crippen LogP contribution in [0.1, 0.15) is 32.1 Å². The number of hydrogen-bond donors (Lipinski definition) is 2. The van der Waals surface area contributed by atoms with Crippen molar-refractivity contribution >= 4 is 40.2 Å². The van der Waals surface area contributed by atoms with E-state index in [0.29, 0.717) is 10.7 Å². The SMILES string of the molecule is O=C(O)CO[C@H]1CCCC[C@@H]1C[C@@H]1SC(=S)NC1=O. The lowest BCUT2D eigenvalue weighted by Crippen LogP contribution is -2.34. The molecular formula is C12H17NO4S2. The van der Waals surface area contributed by atoms with E-state index in [0.717, 1.165) is 25.7 Å². The van der Waals surface area contributed by atoms with Crippen molar-refractivity contribution in [2.45, 2.75) is 43.5 Å². The molecule has 1 aliphatic heterocycles. The molecule has 2 rings (SSSR count). The van der Waals surface area contributed by atoms with Crippen LogP contribution in [0.2, 0.25) is 0 Å². The minimum atomic E-state index is -0.946. The van der Waals surface area contributed by atoms with Crippen molar-refractivity contribution in [3.63, 3.8) is 0 Å². The van der Waals surface area contributed by atoms with Crippen LogP contribution in [0.25, 0.3) is 0 Å². The average molecular weight is 303 g/mol. The van der Waals surface area contributed by atoms with Crippen LogP contribution in [-0.4, -0.2) is 39.3 Å². The predicted octanol–water partition coefficient (Wildman–Crippen LogP) is 1.55. The number of hydrogen-bond acceptors (Lipinski definition) is 5. The monoisotopic (exact) mass is 303 g/mol. The van der Waals surface area contributed by atoms with E-state index in [9.17, 15) is 9.59 Å². The van der Waals surface area contributed by atoms with Gasteiger partial charge in [0.1, 0.15) is 10.9 Å². The summed E-state index contributed by atoms with van der Waals surface area (Å²) in [7, 11) is 0. The molecule has 2 N–H and O–H groups in total. The first kappa shape index (κ1) is 14.7. The van der Waals surface area contributed by atoms with Gasteiger partial charge in [0, 0.05) is 0 Å². The molecular weight excluding hydrogens is 286 g/mol. The normalized spacial score (nSPS) is 31.3. The third-order valence-electron chi connectivity index (χ3n) is 3.54. The molecule has 0 bridgehead atoms. The van der Waals surface area contributed by atoms with Crippen molar-refractivity contribution in [3.8, 4) is 0 Å².